The molecule has 2 aromatic rings. The summed E-state index contributed by atoms with van der Waals surface area (Å²) in [7, 11) is 3.70. The van der Waals surface area contributed by atoms with Gasteiger partial charge in [0.05, 0.1) is 18.2 Å². The van der Waals surface area contributed by atoms with Gasteiger partial charge in [0.2, 0.25) is 0 Å². The first-order chi connectivity index (χ1) is 15.6. The molecule has 0 saturated carbocycles. The molecule has 0 aromatic heterocycles. The van der Waals surface area contributed by atoms with Gasteiger partial charge in [-0.15, -0.1) is 0 Å². The van der Waals surface area contributed by atoms with Crippen molar-refractivity contribution in [2.24, 2.45) is 5.92 Å². The van der Waals surface area contributed by atoms with E-state index in [0.717, 1.165) is 5.56 Å². The summed E-state index contributed by atoms with van der Waals surface area (Å²) in [5.41, 5.74) is 1.21. The Kier molecular flexibility index (Phi) is 7.53. The molecule has 1 saturated heterocycles. The zero-order valence-electron chi connectivity index (χ0n) is 19.8. The fraction of sp³-hybridized carbons (Fsp3) is 0.385. The van der Waals surface area contributed by atoms with E-state index in [-0.39, 0.29) is 23.4 Å². The van der Waals surface area contributed by atoms with Crippen LogP contribution in [0.5, 0.6) is 5.75 Å². The van der Waals surface area contributed by atoms with Gasteiger partial charge >= 0.3 is 0 Å². The quantitative estimate of drug-likeness (QED) is 0.369. The maximum absolute atomic E-state index is 14.8. The van der Waals surface area contributed by atoms with Crippen LogP contribution in [0.4, 0.5) is 4.39 Å². The largest absolute Gasteiger partial charge is 0.507 e. The van der Waals surface area contributed by atoms with Crippen LogP contribution < -0.4 is 4.74 Å². The second-order valence-electron chi connectivity index (χ2n) is 9.00. The van der Waals surface area contributed by atoms with E-state index in [9.17, 15) is 19.1 Å². The number of aliphatic hydroxyl groups excluding tert-OH is 1. The molecule has 6 nitrogen and oxygen atoms in total. The standard InChI is InChI=1S/C26H31FN2O4/c1-16(2)15-33-21-11-10-18(14-17(21)3)24(30)22-23(19-8-6-7-9-20(19)27)29(13-12-28(4)5)26(32)25(22)31/h6-11,14,16,23,30H,12-13,15H2,1-5H3/b24-22+. The van der Waals surface area contributed by atoms with E-state index in [1.807, 2.05) is 39.8 Å². The molecule has 0 aliphatic carbocycles. The Balaban J connectivity index is 2.09. The van der Waals surface area contributed by atoms with Crippen LogP contribution in [0.15, 0.2) is 48.0 Å². The Bertz CT molecular complexity index is 1080. The lowest BCUT2D eigenvalue weighted by Gasteiger charge is -2.26. The number of aliphatic hydroxyl groups is 1. The van der Waals surface area contributed by atoms with Gasteiger partial charge in [0, 0.05) is 24.2 Å². The SMILES string of the molecule is Cc1cc(/C(O)=C2\C(=O)C(=O)N(CCN(C)C)C2c2ccccc2F)ccc1OCC(C)C. The number of halogens is 1. The third kappa shape index (κ3) is 5.25. The zero-order valence-corrected chi connectivity index (χ0v) is 19.8. The van der Waals surface area contributed by atoms with E-state index in [4.69, 9.17) is 4.74 Å². The summed E-state index contributed by atoms with van der Waals surface area (Å²) in [6.45, 7) is 7.20. The Morgan fingerprint density at radius 1 is 1.18 bits per heavy atom. The molecule has 1 atom stereocenters. The molecule has 7 heteroatoms. The van der Waals surface area contributed by atoms with E-state index < -0.39 is 23.5 Å². The lowest BCUT2D eigenvalue weighted by Crippen LogP contribution is -2.35. The molecule has 0 bridgehead atoms. The van der Waals surface area contributed by atoms with E-state index in [1.54, 1.807) is 30.3 Å². The predicted molar refractivity (Wildman–Crippen MR) is 125 cm³/mol. The van der Waals surface area contributed by atoms with Crippen molar-refractivity contribution in [3.63, 3.8) is 0 Å². The van der Waals surface area contributed by atoms with E-state index in [0.29, 0.717) is 30.4 Å². The van der Waals surface area contributed by atoms with Gasteiger partial charge in [-0.3, -0.25) is 9.59 Å². The topological polar surface area (TPSA) is 70.1 Å². The van der Waals surface area contributed by atoms with Gasteiger partial charge in [0.25, 0.3) is 11.7 Å². The number of carbonyl (C=O) groups is 2. The number of benzene rings is 2. The highest BCUT2D eigenvalue weighted by molar-refractivity contribution is 6.46. The Morgan fingerprint density at radius 3 is 2.48 bits per heavy atom. The molecule has 1 N–H and O–H groups in total. The molecule has 176 valence electrons. The lowest BCUT2D eigenvalue weighted by molar-refractivity contribution is -0.140. The van der Waals surface area contributed by atoms with Crippen molar-refractivity contribution in [3.05, 3.63) is 70.5 Å². The number of carbonyl (C=O) groups excluding carboxylic acids is 2. The highest BCUT2D eigenvalue weighted by atomic mass is 19.1. The number of nitrogens with zero attached hydrogens (tertiary/aromatic N) is 2. The number of hydrogen-bond donors (Lipinski definition) is 1. The highest BCUT2D eigenvalue weighted by Crippen LogP contribution is 2.40. The van der Waals surface area contributed by atoms with Gasteiger partial charge in [-0.1, -0.05) is 32.0 Å². The minimum Gasteiger partial charge on any atom is -0.507 e. The number of ether oxygens (including phenoxy) is 1. The monoisotopic (exact) mass is 454 g/mol. The summed E-state index contributed by atoms with van der Waals surface area (Å²) in [6, 6.07) is 10.1. The van der Waals surface area contributed by atoms with Gasteiger partial charge in [0.1, 0.15) is 17.3 Å². The summed E-state index contributed by atoms with van der Waals surface area (Å²) in [4.78, 5) is 29.1. The molecule has 1 unspecified atom stereocenters. The number of likely N-dealkylation sites (tertiary alicyclic amines) is 1. The summed E-state index contributed by atoms with van der Waals surface area (Å²) in [5.74, 6) is -1.41. The van der Waals surface area contributed by atoms with Gasteiger partial charge < -0.3 is 19.6 Å². The normalized spacial score (nSPS) is 17.9. The zero-order chi connectivity index (χ0) is 24.3. The van der Waals surface area contributed by atoms with Gasteiger partial charge in [-0.2, -0.15) is 0 Å². The van der Waals surface area contributed by atoms with Gasteiger partial charge in [0.15, 0.2) is 0 Å². The number of likely N-dealkylation sites (N-methyl/N-ethyl adjacent to an activating group) is 1. The minimum absolute atomic E-state index is 0.112. The summed E-state index contributed by atoms with van der Waals surface area (Å²) >= 11 is 0. The fourth-order valence-electron chi connectivity index (χ4n) is 3.81. The maximum Gasteiger partial charge on any atom is 0.295 e. The second kappa shape index (κ2) is 10.2. The number of hydrogen-bond acceptors (Lipinski definition) is 5. The van der Waals surface area contributed by atoms with E-state index in [1.165, 1.54) is 17.0 Å². The first-order valence-electron chi connectivity index (χ1n) is 11.0. The molecule has 1 aliphatic rings. The van der Waals surface area contributed by atoms with E-state index >= 15 is 0 Å². The van der Waals surface area contributed by atoms with E-state index in [2.05, 4.69) is 0 Å². The van der Waals surface area contributed by atoms with Crippen LogP contribution in [-0.4, -0.2) is 60.4 Å². The molecule has 1 aliphatic heterocycles. The molecular weight excluding hydrogens is 423 g/mol. The van der Waals surface area contributed by atoms with Crippen molar-refractivity contribution < 1.29 is 23.8 Å². The van der Waals surface area contributed by atoms with Gasteiger partial charge in [-0.25, -0.2) is 4.39 Å². The Hall–Kier alpha value is -3.19. The highest BCUT2D eigenvalue weighted by Gasteiger charge is 2.46. The van der Waals surface area contributed by atoms with Crippen LogP contribution >= 0.6 is 0 Å². The molecule has 0 radical (unpaired) electrons. The first-order valence-corrected chi connectivity index (χ1v) is 11.0. The third-order valence-electron chi connectivity index (χ3n) is 5.55. The lowest BCUT2D eigenvalue weighted by atomic mass is 9.94. The smallest absolute Gasteiger partial charge is 0.295 e. The predicted octanol–water partition coefficient (Wildman–Crippen LogP) is 4.15. The molecule has 0 spiro atoms. The minimum atomic E-state index is -1.01. The van der Waals surface area contributed by atoms with Crippen molar-refractivity contribution in [1.29, 1.82) is 0 Å². The number of amides is 1. The molecule has 1 amide bonds. The fourth-order valence-corrected chi connectivity index (χ4v) is 3.81. The maximum atomic E-state index is 14.8. The Morgan fingerprint density at radius 2 is 1.88 bits per heavy atom. The average molecular weight is 455 g/mol. The van der Waals surface area contributed by atoms with Crippen molar-refractivity contribution in [2.45, 2.75) is 26.8 Å². The van der Waals surface area contributed by atoms with Crippen LogP contribution in [0.3, 0.4) is 0 Å². The first kappa shape index (κ1) is 24.5. The van der Waals surface area contributed by atoms with Crippen molar-refractivity contribution in [3.8, 4) is 5.75 Å². The summed E-state index contributed by atoms with van der Waals surface area (Å²) < 4.78 is 20.6. The van der Waals surface area contributed by atoms with Crippen LogP contribution in [0.25, 0.3) is 5.76 Å². The molecule has 1 fully saturated rings. The third-order valence-corrected chi connectivity index (χ3v) is 5.55. The van der Waals surface area contributed by atoms with Crippen molar-refractivity contribution in [1.82, 2.24) is 9.80 Å². The molecule has 33 heavy (non-hydrogen) atoms. The summed E-state index contributed by atoms with van der Waals surface area (Å²) in [6.07, 6.45) is 0. The van der Waals surface area contributed by atoms with Crippen molar-refractivity contribution in [2.75, 3.05) is 33.8 Å². The number of rotatable bonds is 8. The second-order valence-corrected chi connectivity index (χ2v) is 9.00. The summed E-state index contributed by atoms with van der Waals surface area (Å²) in [5, 5.41) is 11.2. The van der Waals surface area contributed by atoms with Crippen LogP contribution in [0.1, 0.15) is 36.6 Å². The number of Topliss-reactive ketones (excluding diaryl/α,β-unsaturated/α-hetero) is 1. The number of ketones is 1. The van der Waals surface area contributed by atoms with Crippen molar-refractivity contribution >= 4 is 17.4 Å². The van der Waals surface area contributed by atoms with Crippen LogP contribution in [-0.2, 0) is 9.59 Å². The number of aryl methyl sites for hydroxylation is 1. The Labute approximate surface area is 194 Å². The molecule has 3 rings (SSSR count). The van der Waals surface area contributed by atoms with Gasteiger partial charge in [-0.05, 0) is 56.8 Å². The molecule has 1 heterocycles. The molecular formula is C26H31FN2O4. The van der Waals surface area contributed by atoms with Crippen LogP contribution in [0.2, 0.25) is 0 Å². The average Bonchev–Trinajstić information content (AvgIpc) is 3.01. The molecule has 2 aromatic carbocycles. The van der Waals surface area contributed by atoms with Crippen LogP contribution in [0, 0.1) is 18.7 Å².